The summed E-state index contributed by atoms with van der Waals surface area (Å²) in [4.78, 5) is 31.8. The number of halogens is 1. The van der Waals surface area contributed by atoms with E-state index < -0.39 is 11.8 Å². The van der Waals surface area contributed by atoms with Gasteiger partial charge in [-0.1, -0.05) is 11.6 Å². The van der Waals surface area contributed by atoms with Gasteiger partial charge < -0.3 is 15.1 Å². The van der Waals surface area contributed by atoms with Crippen molar-refractivity contribution in [1.82, 2.24) is 14.8 Å². The van der Waals surface area contributed by atoms with Crippen molar-refractivity contribution in [3.05, 3.63) is 23.5 Å². The zero-order chi connectivity index (χ0) is 15.4. The molecule has 1 aromatic heterocycles. The summed E-state index contributed by atoms with van der Waals surface area (Å²) in [5.41, 5.74) is 0.342. The molecule has 6 nitrogen and oxygen atoms in total. The summed E-state index contributed by atoms with van der Waals surface area (Å²) in [6.45, 7) is 1.86. The van der Waals surface area contributed by atoms with Gasteiger partial charge in [0.25, 0.3) is 0 Å². The number of rotatable bonds is 2. The highest BCUT2D eigenvalue weighted by atomic mass is 35.5. The van der Waals surface area contributed by atoms with Crippen molar-refractivity contribution in [2.75, 3.05) is 32.5 Å². The van der Waals surface area contributed by atoms with Crippen LogP contribution >= 0.6 is 11.6 Å². The number of likely N-dealkylation sites (tertiary alicyclic amines) is 1. The maximum Gasteiger partial charge on any atom is 0.313 e. The average Bonchev–Trinajstić information content (AvgIpc) is 2.49. The molecule has 1 fully saturated rings. The molecule has 0 atom stereocenters. The van der Waals surface area contributed by atoms with Gasteiger partial charge in [-0.25, -0.2) is 4.98 Å². The molecule has 21 heavy (non-hydrogen) atoms. The van der Waals surface area contributed by atoms with Gasteiger partial charge in [0, 0.05) is 19.3 Å². The summed E-state index contributed by atoms with van der Waals surface area (Å²) in [5, 5.41) is 2.67. The number of hydrogen-bond acceptors (Lipinski definition) is 4. The van der Waals surface area contributed by atoms with Crippen LogP contribution in [0.1, 0.15) is 12.8 Å². The van der Waals surface area contributed by atoms with E-state index in [0.717, 1.165) is 25.9 Å². The molecule has 0 bridgehead atoms. The molecule has 0 radical (unpaired) electrons. The monoisotopic (exact) mass is 310 g/mol. The third-order valence-electron chi connectivity index (χ3n) is 3.76. The lowest BCUT2D eigenvalue weighted by atomic mass is 10.0. The molecule has 1 saturated heterocycles. The van der Waals surface area contributed by atoms with E-state index in [2.05, 4.69) is 22.2 Å². The fourth-order valence-electron chi connectivity index (χ4n) is 2.36. The molecule has 0 saturated carbocycles. The predicted molar refractivity (Wildman–Crippen MR) is 81.2 cm³/mol. The molecule has 1 aromatic rings. The summed E-state index contributed by atoms with van der Waals surface area (Å²) < 4.78 is 0. The van der Waals surface area contributed by atoms with E-state index >= 15 is 0 Å². The summed E-state index contributed by atoms with van der Waals surface area (Å²) in [6, 6.07) is 3.35. The zero-order valence-corrected chi connectivity index (χ0v) is 12.9. The Labute approximate surface area is 129 Å². The summed E-state index contributed by atoms with van der Waals surface area (Å²) in [6.07, 6.45) is 3.27. The maximum absolute atomic E-state index is 12.2. The van der Waals surface area contributed by atoms with Crippen LogP contribution in [0.3, 0.4) is 0 Å². The molecule has 2 amide bonds. The van der Waals surface area contributed by atoms with Crippen LogP contribution in [-0.2, 0) is 9.59 Å². The van der Waals surface area contributed by atoms with Crippen LogP contribution in [0.4, 0.5) is 5.69 Å². The molecule has 1 N–H and O–H groups in total. The number of piperidine rings is 1. The quantitative estimate of drug-likeness (QED) is 0.659. The molecular formula is C14H19ClN4O2. The first-order valence-electron chi connectivity index (χ1n) is 6.86. The molecule has 1 aliphatic rings. The fraction of sp³-hybridized carbons (Fsp3) is 0.500. The van der Waals surface area contributed by atoms with Crippen molar-refractivity contribution >= 4 is 29.1 Å². The Morgan fingerprint density at radius 1 is 1.43 bits per heavy atom. The van der Waals surface area contributed by atoms with Gasteiger partial charge in [0.2, 0.25) is 0 Å². The Balaban J connectivity index is 1.96. The summed E-state index contributed by atoms with van der Waals surface area (Å²) >= 11 is 5.86. The molecule has 7 heteroatoms. The lowest BCUT2D eigenvalue weighted by Gasteiger charge is -2.34. The second-order valence-corrected chi connectivity index (χ2v) is 5.60. The van der Waals surface area contributed by atoms with Gasteiger partial charge in [-0.15, -0.1) is 0 Å². The second-order valence-electron chi connectivity index (χ2n) is 5.25. The summed E-state index contributed by atoms with van der Waals surface area (Å²) in [7, 11) is 3.72. The average molecular weight is 311 g/mol. The predicted octanol–water partition coefficient (Wildman–Crippen LogP) is 1.23. The van der Waals surface area contributed by atoms with E-state index in [1.807, 2.05) is 0 Å². The molecule has 0 aromatic carbocycles. The highest BCUT2D eigenvalue weighted by molar-refractivity contribution is 6.41. The SMILES string of the molecule is CN1CCC(N(C)C(=O)C(=O)Nc2cccnc2Cl)CC1. The van der Waals surface area contributed by atoms with Crippen LogP contribution < -0.4 is 5.32 Å². The molecule has 1 aliphatic heterocycles. The van der Waals surface area contributed by atoms with Crippen molar-refractivity contribution in [2.45, 2.75) is 18.9 Å². The minimum Gasteiger partial charge on any atom is -0.334 e. The smallest absolute Gasteiger partial charge is 0.313 e. The molecule has 114 valence electrons. The van der Waals surface area contributed by atoms with Gasteiger partial charge in [-0.05, 0) is 45.1 Å². The topological polar surface area (TPSA) is 65.5 Å². The van der Waals surface area contributed by atoms with Gasteiger partial charge in [-0.3, -0.25) is 9.59 Å². The first-order valence-corrected chi connectivity index (χ1v) is 7.24. The van der Waals surface area contributed by atoms with E-state index in [9.17, 15) is 9.59 Å². The number of carbonyl (C=O) groups excluding carboxylic acids is 2. The van der Waals surface area contributed by atoms with E-state index in [-0.39, 0.29) is 11.2 Å². The second kappa shape index (κ2) is 6.87. The van der Waals surface area contributed by atoms with Crippen LogP contribution in [-0.4, -0.2) is 59.8 Å². The number of anilines is 1. The van der Waals surface area contributed by atoms with Crippen molar-refractivity contribution in [3.63, 3.8) is 0 Å². The lowest BCUT2D eigenvalue weighted by Crippen LogP contribution is -2.47. The standard InChI is InChI=1S/C14H19ClN4O2/c1-18-8-5-10(6-9-18)19(2)14(21)13(20)17-11-4-3-7-16-12(11)15/h3-4,7,10H,5-6,8-9H2,1-2H3,(H,17,20). The first kappa shape index (κ1) is 15.7. The maximum atomic E-state index is 12.2. The first-order chi connectivity index (χ1) is 9.99. The number of aromatic nitrogens is 1. The van der Waals surface area contributed by atoms with Gasteiger partial charge in [0.15, 0.2) is 5.15 Å². The third-order valence-corrected chi connectivity index (χ3v) is 4.06. The van der Waals surface area contributed by atoms with Crippen molar-refractivity contribution < 1.29 is 9.59 Å². The number of likely N-dealkylation sites (N-methyl/N-ethyl adjacent to an activating group) is 1. The van der Waals surface area contributed by atoms with Crippen LogP contribution in [0.2, 0.25) is 5.15 Å². The fourth-order valence-corrected chi connectivity index (χ4v) is 2.53. The van der Waals surface area contributed by atoms with E-state index in [1.165, 1.54) is 11.1 Å². The van der Waals surface area contributed by atoms with Crippen LogP contribution in [0, 0.1) is 0 Å². The highest BCUT2D eigenvalue weighted by Crippen LogP contribution is 2.18. The Bertz CT molecular complexity index is 529. The molecular weight excluding hydrogens is 292 g/mol. The zero-order valence-electron chi connectivity index (χ0n) is 12.2. The van der Waals surface area contributed by atoms with E-state index in [0.29, 0.717) is 5.69 Å². The third kappa shape index (κ3) is 3.92. The minimum absolute atomic E-state index is 0.101. The Kier molecular flexibility index (Phi) is 5.14. The Morgan fingerprint density at radius 3 is 2.71 bits per heavy atom. The molecule has 0 unspecified atom stereocenters. The van der Waals surface area contributed by atoms with Gasteiger partial charge >= 0.3 is 11.8 Å². The van der Waals surface area contributed by atoms with Gasteiger partial charge in [-0.2, -0.15) is 0 Å². The Hall–Kier alpha value is -1.66. The lowest BCUT2D eigenvalue weighted by molar-refractivity contribution is -0.144. The number of nitrogens with zero attached hydrogens (tertiary/aromatic N) is 3. The van der Waals surface area contributed by atoms with Gasteiger partial charge in [0.1, 0.15) is 0 Å². The molecule has 0 aliphatic carbocycles. The van der Waals surface area contributed by atoms with Crippen molar-refractivity contribution in [2.24, 2.45) is 0 Å². The number of pyridine rings is 1. The number of carbonyl (C=O) groups is 2. The molecule has 2 heterocycles. The minimum atomic E-state index is -0.689. The van der Waals surface area contributed by atoms with Gasteiger partial charge in [0.05, 0.1) is 5.69 Å². The van der Waals surface area contributed by atoms with E-state index in [1.54, 1.807) is 19.2 Å². The molecule has 0 spiro atoms. The number of hydrogen-bond donors (Lipinski definition) is 1. The van der Waals surface area contributed by atoms with Crippen LogP contribution in [0.15, 0.2) is 18.3 Å². The molecule has 2 rings (SSSR count). The Morgan fingerprint density at radius 2 is 2.10 bits per heavy atom. The van der Waals surface area contributed by atoms with E-state index in [4.69, 9.17) is 11.6 Å². The van der Waals surface area contributed by atoms with Crippen LogP contribution in [0.5, 0.6) is 0 Å². The van der Waals surface area contributed by atoms with Crippen LogP contribution in [0.25, 0.3) is 0 Å². The largest absolute Gasteiger partial charge is 0.334 e. The summed E-state index contributed by atoms with van der Waals surface area (Å²) in [5.74, 6) is -1.24. The van der Waals surface area contributed by atoms with Crippen molar-refractivity contribution in [3.8, 4) is 0 Å². The normalized spacial score (nSPS) is 16.5. The highest BCUT2D eigenvalue weighted by Gasteiger charge is 2.28. The number of amides is 2. The van der Waals surface area contributed by atoms with Crippen molar-refractivity contribution in [1.29, 1.82) is 0 Å². The number of nitrogens with one attached hydrogen (secondary N) is 1.